The predicted molar refractivity (Wildman–Crippen MR) is 69.0 cm³/mol. The van der Waals surface area contributed by atoms with Crippen LogP contribution < -0.4 is 10.5 Å². The first kappa shape index (κ1) is 14.2. The largest absolute Gasteiger partial charge is 0.326 e. The third kappa shape index (κ3) is 3.52. The van der Waals surface area contributed by atoms with Gasteiger partial charge in [0.1, 0.15) is 0 Å². The van der Waals surface area contributed by atoms with Gasteiger partial charge in [0.15, 0.2) is 0 Å². The second-order valence-electron chi connectivity index (χ2n) is 4.47. The average molecular weight is 256 g/mol. The molecule has 17 heavy (non-hydrogen) atoms. The molecule has 5 heteroatoms. The van der Waals surface area contributed by atoms with Crippen LogP contribution in [0.5, 0.6) is 0 Å². The van der Waals surface area contributed by atoms with E-state index < -0.39 is 10.0 Å². The molecule has 1 unspecified atom stereocenters. The smallest absolute Gasteiger partial charge is 0.241 e. The van der Waals surface area contributed by atoms with Crippen molar-refractivity contribution < 1.29 is 8.42 Å². The van der Waals surface area contributed by atoms with E-state index >= 15 is 0 Å². The van der Waals surface area contributed by atoms with Crippen molar-refractivity contribution in [2.24, 2.45) is 11.7 Å². The summed E-state index contributed by atoms with van der Waals surface area (Å²) < 4.78 is 27.0. The SMILES string of the molecule is CC(C)C(C)NS(=O)(=O)c1ccccc1CN. The molecule has 4 nitrogen and oxygen atoms in total. The number of hydrogen-bond donors (Lipinski definition) is 2. The van der Waals surface area contributed by atoms with Crippen molar-refractivity contribution in [3.63, 3.8) is 0 Å². The van der Waals surface area contributed by atoms with Crippen molar-refractivity contribution in [2.45, 2.75) is 38.3 Å². The quantitative estimate of drug-likeness (QED) is 0.838. The molecule has 1 aromatic carbocycles. The lowest BCUT2D eigenvalue weighted by Gasteiger charge is -2.18. The zero-order chi connectivity index (χ0) is 13.1. The van der Waals surface area contributed by atoms with Crippen molar-refractivity contribution in [3.8, 4) is 0 Å². The summed E-state index contributed by atoms with van der Waals surface area (Å²) in [6.07, 6.45) is 0. The van der Waals surface area contributed by atoms with Crippen LogP contribution in [0.25, 0.3) is 0 Å². The molecule has 96 valence electrons. The van der Waals surface area contributed by atoms with Gasteiger partial charge < -0.3 is 5.73 Å². The Labute approximate surface area is 103 Å². The first-order valence-corrected chi connectivity index (χ1v) is 7.17. The highest BCUT2D eigenvalue weighted by atomic mass is 32.2. The minimum atomic E-state index is -3.48. The summed E-state index contributed by atoms with van der Waals surface area (Å²) >= 11 is 0. The van der Waals surface area contributed by atoms with Crippen molar-refractivity contribution in [2.75, 3.05) is 0 Å². The van der Waals surface area contributed by atoms with Crippen LogP contribution in [0.15, 0.2) is 29.2 Å². The van der Waals surface area contributed by atoms with Gasteiger partial charge in [-0.15, -0.1) is 0 Å². The van der Waals surface area contributed by atoms with Gasteiger partial charge in [-0.05, 0) is 24.5 Å². The van der Waals surface area contributed by atoms with Gasteiger partial charge in [0.25, 0.3) is 0 Å². The van der Waals surface area contributed by atoms with Gasteiger partial charge in [-0.2, -0.15) is 0 Å². The van der Waals surface area contributed by atoms with Crippen molar-refractivity contribution in [3.05, 3.63) is 29.8 Å². The zero-order valence-electron chi connectivity index (χ0n) is 10.5. The molecule has 0 amide bonds. The highest BCUT2D eigenvalue weighted by molar-refractivity contribution is 7.89. The monoisotopic (exact) mass is 256 g/mol. The van der Waals surface area contributed by atoms with E-state index in [1.54, 1.807) is 24.3 Å². The molecule has 0 fully saturated rings. The highest BCUT2D eigenvalue weighted by Gasteiger charge is 2.21. The first-order valence-electron chi connectivity index (χ1n) is 5.68. The lowest BCUT2D eigenvalue weighted by molar-refractivity contribution is 0.476. The maximum Gasteiger partial charge on any atom is 0.241 e. The molecule has 0 aromatic heterocycles. The molecule has 0 bridgehead atoms. The van der Waals surface area contributed by atoms with E-state index in [-0.39, 0.29) is 23.4 Å². The Bertz CT molecular complexity index is 469. The van der Waals surface area contributed by atoms with Crippen LogP contribution in [0.1, 0.15) is 26.3 Å². The highest BCUT2D eigenvalue weighted by Crippen LogP contribution is 2.16. The van der Waals surface area contributed by atoms with Crippen LogP contribution >= 0.6 is 0 Å². The standard InChI is InChI=1S/C12H20N2O2S/c1-9(2)10(3)14-17(15,16)12-7-5-4-6-11(12)8-13/h4-7,9-10,14H,8,13H2,1-3H3. The van der Waals surface area contributed by atoms with E-state index in [2.05, 4.69) is 4.72 Å². The fourth-order valence-electron chi connectivity index (χ4n) is 1.38. The van der Waals surface area contributed by atoms with Gasteiger partial charge in [-0.3, -0.25) is 0 Å². The number of rotatable bonds is 5. The number of nitrogens with one attached hydrogen (secondary N) is 1. The number of benzene rings is 1. The van der Waals surface area contributed by atoms with Gasteiger partial charge >= 0.3 is 0 Å². The minimum absolute atomic E-state index is 0.106. The molecule has 3 N–H and O–H groups in total. The van der Waals surface area contributed by atoms with Crippen molar-refractivity contribution in [1.29, 1.82) is 0 Å². The molecule has 1 aromatic rings. The van der Waals surface area contributed by atoms with Crippen LogP contribution in [0.2, 0.25) is 0 Å². The average Bonchev–Trinajstić information content (AvgIpc) is 2.28. The van der Waals surface area contributed by atoms with Gasteiger partial charge in [-0.25, -0.2) is 13.1 Å². The molecule has 0 heterocycles. The Balaban J connectivity index is 3.05. The molecule has 1 rings (SSSR count). The molecular formula is C12H20N2O2S. The lowest BCUT2D eigenvalue weighted by atomic mass is 10.1. The number of hydrogen-bond acceptors (Lipinski definition) is 3. The van der Waals surface area contributed by atoms with Crippen molar-refractivity contribution in [1.82, 2.24) is 4.72 Å². The second-order valence-corrected chi connectivity index (χ2v) is 6.15. The lowest BCUT2D eigenvalue weighted by Crippen LogP contribution is -2.36. The number of nitrogens with two attached hydrogens (primary N) is 1. The van der Waals surface area contributed by atoms with Crippen LogP contribution in [0.3, 0.4) is 0 Å². The molecule has 0 saturated heterocycles. The maximum atomic E-state index is 12.2. The van der Waals surface area contributed by atoms with Crippen molar-refractivity contribution >= 4 is 10.0 Å². The third-order valence-electron chi connectivity index (χ3n) is 2.82. The predicted octanol–water partition coefficient (Wildman–Crippen LogP) is 1.47. The molecule has 0 saturated carbocycles. The van der Waals surface area contributed by atoms with Gasteiger partial charge in [-0.1, -0.05) is 32.0 Å². The molecular weight excluding hydrogens is 236 g/mol. The Hall–Kier alpha value is -0.910. The van der Waals surface area contributed by atoms with E-state index in [4.69, 9.17) is 5.73 Å². The van der Waals surface area contributed by atoms with Crippen LogP contribution in [0, 0.1) is 5.92 Å². The van der Waals surface area contributed by atoms with Gasteiger partial charge in [0.05, 0.1) is 4.90 Å². The summed E-state index contributed by atoms with van der Waals surface area (Å²) in [5.74, 6) is 0.245. The fourth-order valence-corrected chi connectivity index (χ4v) is 3.02. The third-order valence-corrected chi connectivity index (χ3v) is 4.48. The minimum Gasteiger partial charge on any atom is -0.326 e. The maximum absolute atomic E-state index is 12.2. The summed E-state index contributed by atoms with van der Waals surface area (Å²) in [4.78, 5) is 0.273. The van der Waals surface area contributed by atoms with E-state index in [0.29, 0.717) is 5.56 Å². The fraction of sp³-hybridized carbons (Fsp3) is 0.500. The summed E-state index contributed by atoms with van der Waals surface area (Å²) in [5, 5.41) is 0. The Morgan fingerprint density at radius 1 is 1.24 bits per heavy atom. The first-order chi connectivity index (χ1) is 7.88. The molecule has 0 radical (unpaired) electrons. The van der Waals surface area contributed by atoms with E-state index in [1.807, 2.05) is 20.8 Å². The molecule has 0 aliphatic heterocycles. The van der Waals surface area contributed by atoms with Crippen LogP contribution in [-0.4, -0.2) is 14.5 Å². The Kier molecular flexibility index (Phi) is 4.68. The summed E-state index contributed by atoms with van der Waals surface area (Å²) in [7, 11) is -3.48. The summed E-state index contributed by atoms with van der Waals surface area (Å²) in [5.41, 5.74) is 6.18. The number of sulfonamides is 1. The summed E-state index contributed by atoms with van der Waals surface area (Å²) in [6.45, 7) is 6.02. The molecule has 1 atom stereocenters. The van der Waals surface area contributed by atoms with Gasteiger partial charge in [0.2, 0.25) is 10.0 Å². The second kappa shape index (κ2) is 5.62. The Morgan fingerprint density at radius 3 is 2.35 bits per heavy atom. The van der Waals surface area contributed by atoms with Crippen LogP contribution in [-0.2, 0) is 16.6 Å². The zero-order valence-corrected chi connectivity index (χ0v) is 11.3. The molecule has 0 spiro atoms. The molecule has 0 aliphatic carbocycles. The molecule has 0 aliphatic rings. The normalized spacial score (nSPS) is 13.9. The van der Waals surface area contributed by atoms with Crippen LogP contribution in [0.4, 0.5) is 0 Å². The van der Waals surface area contributed by atoms with E-state index in [0.717, 1.165) is 0 Å². The topological polar surface area (TPSA) is 72.2 Å². The van der Waals surface area contributed by atoms with E-state index in [9.17, 15) is 8.42 Å². The van der Waals surface area contributed by atoms with E-state index in [1.165, 1.54) is 0 Å². The summed E-state index contributed by atoms with van der Waals surface area (Å²) in [6, 6.07) is 6.69. The van der Waals surface area contributed by atoms with Gasteiger partial charge in [0, 0.05) is 12.6 Å². The Morgan fingerprint density at radius 2 is 1.82 bits per heavy atom.